The molecule has 29 heavy (non-hydrogen) atoms. The number of rotatable bonds is 8. The molecule has 5 heteroatoms. The van der Waals surface area contributed by atoms with Gasteiger partial charge in [0.2, 0.25) is 0 Å². The maximum Gasteiger partial charge on any atom is 0.341 e. The van der Waals surface area contributed by atoms with Gasteiger partial charge in [0.1, 0.15) is 11.3 Å². The van der Waals surface area contributed by atoms with Gasteiger partial charge >= 0.3 is 5.97 Å². The Balaban J connectivity index is 1.81. The Morgan fingerprint density at radius 2 is 1.41 bits per heavy atom. The molecule has 0 saturated carbocycles. The number of methoxy groups -OCH3 is 1. The first-order valence-corrected chi connectivity index (χ1v) is 9.31. The van der Waals surface area contributed by atoms with Gasteiger partial charge in [0, 0.05) is 18.7 Å². The third kappa shape index (κ3) is 5.53. The van der Waals surface area contributed by atoms with Crippen LogP contribution < -0.4 is 0 Å². The Labute approximate surface area is 170 Å². The predicted octanol–water partition coefficient (Wildman–Crippen LogP) is 4.06. The molecule has 0 saturated heterocycles. The third-order valence-corrected chi connectivity index (χ3v) is 4.59. The number of ketones is 1. The first-order chi connectivity index (χ1) is 14.1. The van der Waals surface area contributed by atoms with Crippen molar-refractivity contribution in [2.45, 2.75) is 13.1 Å². The van der Waals surface area contributed by atoms with E-state index in [1.807, 2.05) is 60.7 Å². The van der Waals surface area contributed by atoms with Gasteiger partial charge in [-0.1, -0.05) is 60.7 Å². The number of carbonyl (C=O) groups is 2. The summed E-state index contributed by atoms with van der Waals surface area (Å²) in [6.45, 7) is 1.40. The lowest BCUT2D eigenvalue weighted by atomic mass is 10.0. The second-order valence-electron chi connectivity index (χ2n) is 6.76. The number of carbonyl (C=O) groups excluding carboxylic acids is 2. The van der Waals surface area contributed by atoms with E-state index in [9.17, 15) is 14.7 Å². The molecule has 148 valence electrons. The zero-order valence-corrected chi connectivity index (χ0v) is 16.2. The molecule has 0 heterocycles. The number of benzene rings is 3. The minimum atomic E-state index is -0.678. The van der Waals surface area contributed by atoms with Gasteiger partial charge in [0.15, 0.2) is 5.78 Å². The molecule has 0 unspecified atom stereocenters. The number of phenolic OH excluding ortho intramolecular Hbond substituents is 1. The van der Waals surface area contributed by atoms with Gasteiger partial charge in [0.05, 0.1) is 13.7 Å². The van der Waals surface area contributed by atoms with E-state index in [4.69, 9.17) is 0 Å². The molecule has 0 aromatic heterocycles. The molecular weight excluding hydrogens is 366 g/mol. The predicted molar refractivity (Wildman–Crippen MR) is 111 cm³/mol. The summed E-state index contributed by atoms with van der Waals surface area (Å²) in [5, 5.41) is 9.87. The molecule has 0 spiro atoms. The highest BCUT2D eigenvalue weighted by Gasteiger charge is 2.18. The van der Waals surface area contributed by atoms with Crippen molar-refractivity contribution < 1.29 is 19.4 Å². The normalized spacial score (nSPS) is 10.7. The molecule has 5 nitrogen and oxygen atoms in total. The molecule has 0 amide bonds. The van der Waals surface area contributed by atoms with Crippen LogP contribution in [0.15, 0.2) is 78.9 Å². The number of aromatic hydroxyl groups is 1. The Bertz CT molecular complexity index is 929. The SMILES string of the molecule is COC(=O)c1cc(C(=O)CN(Cc2ccccc2)Cc2ccccc2)ccc1O. The molecule has 0 fully saturated rings. The highest BCUT2D eigenvalue weighted by Crippen LogP contribution is 2.20. The monoisotopic (exact) mass is 389 g/mol. The molecule has 0 atom stereocenters. The van der Waals surface area contributed by atoms with Crippen LogP contribution in [0.2, 0.25) is 0 Å². The van der Waals surface area contributed by atoms with E-state index in [-0.39, 0.29) is 23.6 Å². The van der Waals surface area contributed by atoms with Gasteiger partial charge in [-0.3, -0.25) is 9.69 Å². The lowest BCUT2D eigenvalue weighted by Gasteiger charge is -2.22. The number of esters is 1. The van der Waals surface area contributed by atoms with E-state index in [1.165, 1.54) is 25.3 Å². The van der Waals surface area contributed by atoms with Crippen LogP contribution in [0.5, 0.6) is 5.75 Å². The van der Waals surface area contributed by atoms with Crippen molar-refractivity contribution in [3.05, 3.63) is 101 Å². The maximum atomic E-state index is 12.9. The van der Waals surface area contributed by atoms with E-state index < -0.39 is 5.97 Å². The van der Waals surface area contributed by atoms with Crippen molar-refractivity contribution in [1.82, 2.24) is 4.90 Å². The summed E-state index contributed by atoms with van der Waals surface area (Å²) >= 11 is 0. The van der Waals surface area contributed by atoms with Crippen molar-refractivity contribution in [2.75, 3.05) is 13.7 Å². The van der Waals surface area contributed by atoms with Crippen LogP contribution in [-0.4, -0.2) is 35.4 Å². The summed E-state index contributed by atoms with van der Waals surface area (Å²) in [4.78, 5) is 26.8. The Morgan fingerprint density at radius 1 is 0.862 bits per heavy atom. The second kappa shape index (κ2) is 9.66. The topological polar surface area (TPSA) is 66.8 Å². The summed E-state index contributed by atoms with van der Waals surface area (Å²) < 4.78 is 4.67. The van der Waals surface area contributed by atoms with E-state index in [1.54, 1.807) is 0 Å². The standard InChI is InChI=1S/C24H23NO4/c1-29-24(28)21-14-20(12-13-22(21)26)23(27)17-25(15-18-8-4-2-5-9-18)16-19-10-6-3-7-11-19/h2-14,26H,15-17H2,1H3. The third-order valence-electron chi connectivity index (χ3n) is 4.59. The quantitative estimate of drug-likeness (QED) is 0.465. The summed E-state index contributed by atoms with van der Waals surface area (Å²) in [5.74, 6) is -1.02. The van der Waals surface area contributed by atoms with Crippen molar-refractivity contribution in [1.29, 1.82) is 0 Å². The first kappa shape index (κ1) is 20.3. The minimum Gasteiger partial charge on any atom is -0.507 e. The summed E-state index contributed by atoms with van der Waals surface area (Å²) in [6, 6.07) is 24.2. The fourth-order valence-corrected chi connectivity index (χ4v) is 3.13. The first-order valence-electron chi connectivity index (χ1n) is 9.31. The molecule has 3 rings (SSSR count). The molecule has 1 N–H and O–H groups in total. The lowest BCUT2D eigenvalue weighted by Crippen LogP contribution is -2.29. The zero-order chi connectivity index (χ0) is 20.6. The van der Waals surface area contributed by atoms with Crippen LogP contribution >= 0.6 is 0 Å². The van der Waals surface area contributed by atoms with E-state index in [0.29, 0.717) is 18.7 Å². The van der Waals surface area contributed by atoms with E-state index in [2.05, 4.69) is 9.64 Å². The number of ether oxygens (including phenoxy) is 1. The van der Waals surface area contributed by atoms with Gasteiger partial charge < -0.3 is 9.84 Å². The summed E-state index contributed by atoms with van der Waals surface area (Å²) in [7, 11) is 1.23. The maximum absolute atomic E-state index is 12.9. The fraction of sp³-hybridized carbons (Fsp3) is 0.167. The van der Waals surface area contributed by atoms with E-state index >= 15 is 0 Å². The van der Waals surface area contributed by atoms with Gasteiger partial charge in [-0.05, 0) is 29.3 Å². The molecule has 0 aliphatic heterocycles. The number of hydrogen-bond donors (Lipinski definition) is 1. The van der Waals surface area contributed by atoms with Crippen LogP contribution in [0.3, 0.4) is 0 Å². The van der Waals surface area contributed by atoms with Crippen LogP contribution in [0.1, 0.15) is 31.8 Å². The van der Waals surface area contributed by atoms with Crippen molar-refractivity contribution >= 4 is 11.8 Å². The van der Waals surface area contributed by atoms with Crippen LogP contribution in [-0.2, 0) is 17.8 Å². The Morgan fingerprint density at radius 3 is 1.93 bits per heavy atom. The van der Waals surface area contributed by atoms with Crippen molar-refractivity contribution in [2.24, 2.45) is 0 Å². The molecule has 3 aromatic carbocycles. The highest BCUT2D eigenvalue weighted by atomic mass is 16.5. The Hall–Kier alpha value is -3.44. The van der Waals surface area contributed by atoms with Crippen LogP contribution in [0, 0.1) is 0 Å². The molecular formula is C24H23NO4. The zero-order valence-electron chi connectivity index (χ0n) is 16.2. The van der Waals surface area contributed by atoms with E-state index in [0.717, 1.165) is 11.1 Å². The fourth-order valence-electron chi connectivity index (χ4n) is 3.13. The van der Waals surface area contributed by atoms with Gasteiger partial charge in [0.25, 0.3) is 0 Å². The highest BCUT2D eigenvalue weighted by molar-refractivity contribution is 6.01. The molecule has 0 bridgehead atoms. The number of nitrogens with zero attached hydrogens (tertiary/aromatic N) is 1. The average Bonchev–Trinajstić information content (AvgIpc) is 2.75. The second-order valence-corrected chi connectivity index (χ2v) is 6.76. The summed E-state index contributed by atoms with van der Waals surface area (Å²) in [6.07, 6.45) is 0. The lowest BCUT2D eigenvalue weighted by molar-refractivity contribution is 0.0597. The van der Waals surface area contributed by atoms with Crippen LogP contribution in [0.4, 0.5) is 0 Å². The van der Waals surface area contributed by atoms with Gasteiger partial charge in [-0.15, -0.1) is 0 Å². The molecule has 3 aromatic rings. The Kier molecular flexibility index (Phi) is 6.76. The largest absolute Gasteiger partial charge is 0.507 e. The number of hydrogen-bond acceptors (Lipinski definition) is 5. The molecule has 0 aliphatic carbocycles. The number of phenols is 1. The van der Waals surface area contributed by atoms with Crippen molar-refractivity contribution in [3.8, 4) is 5.75 Å². The van der Waals surface area contributed by atoms with Crippen molar-refractivity contribution in [3.63, 3.8) is 0 Å². The minimum absolute atomic E-state index is 0.0176. The summed E-state index contributed by atoms with van der Waals surface area (Å²) in [5.41, 5.74) is 2.56. The van der Waals surface area contributed by atoms with Gasteiger partial charge in [-0.25, -0.2) is 4.79 Å². The van der Waals surface area contributed by atoms with Crippen LogP contribution in [0.25, 0.3) is 0 Å². The average molecular weight is 389 g/mol. The smallest absolute Gasteiger partial charge is 0.341 e. The number of Topliss-reactive ketones (excluding diaryl/α,β-unsaturated/α-hetero) is 1. The molecule has 0 aliphatic rings. The van der Waals surface area contributed by atoms with Gasteiger partial charge in [-0.2, -0.15) is 0 Å². The molecule has 0 radical (unpaired) electrons.